The van der Waals surface area contributed by atoms with Crippen LogP contribution >= 0.6 is 0 Å². The van der Waals surface area contributed by atoms with Crippen LogP contribution in [-0.2, 0) is 6.61 Å². The first-order valence-electron chi connectivity index (χ1n) is 7.98. The Kier molecular flexibility index (Phi) is 5.50. The van der Waals surface area contributed by atoms with Gasteiger partial charge in [-0.2, -0.15) is 0 Å². The summed E-state index contributed by atoms with van der Waals surface area (Å²) in [5, 5.41) is 2.96. The predicted molar refractivity (Wildman–Crippen MR) is 95.7 cm³/mol. The molecule has 0 fully saturated rings. The summed E-state index contributed by atoms with van der Waals surface area (Å²) in [6, 6.07) is 13.2. The average molecular weight is 327 g/mol. The van der Waals surface area contributed by atoms with Crippen molar-refractivity contribution in [1.29, 1.82) is 0 Å². The molecule has 2 aromatic carbocycles. The largest absolute Gasteiger partial charge is 0.496 e. The van der Waals surface area contributed by atoms with E-state index < -0.39 is 0 Å². The lowest BCUT2D eigenvalue weighted by atomic mass is 10.1. The quantitative estimate of drug-likeness (QED) is 0.899. The Hall–Kier alpha value is -2.49. The molecule has 2 rings (SSSR count). The highest BCUT2D eigenvalue weighted by Crippen LogP contribution is 2.24. The summed E-state index contributed by atoms with van der Waals surface area (Å²) >= 11 is 0. The Morgan fingerprint density at radius 1 is 1.08 bits per heavy atom. The number of benzene rings is 2. The molecule has 0 atom stereocenters. The molecule has 1 N–H and O–H groups in total. The second-order valence-electron chi connectivity index (χ2n) is 6.78. The highest BCUT2D eigenvalue weighted by atomic mass is 16.5. The van der Waals surface area contributed by atoms with Crippen molar-refractivity contribution in [2.75, 3.05) is 7.11 Å². The zero-order valence-electron chi connectivity index (χ0n) is 15.0. The monoisotopic (exact) mass is 327 g/mol. The number of amides is 1. The number of ether oxygens (including phenoxy) is 2. The molecule has 0 spiro atoms. The van der Waals surface area contributed by atoms with Crippen LogP contribution in [0.5, 0.6) is 11.5 Å². The lowest BCUT2D eigenvalue weighted by Gasteiger charge is -2.21. The Labute approximate surface area is 143 Å². The SMILES string of the molecule is COc1ccc(C(=O)NC(C)(C)C)cc1COc1ccccc1C. The molecule has 0 saturated carbocycles. The van der Waals surface area contributed by atoms with Crippen LogP contribution in [0.15, 0.2) is 42.5 Å². The van der Waals surface area contributed by atoms with Crippen LogP contribution in [0.25, 0.3) is 0 Å². The highest BCUT2D eigenvalue weighted by Gasteiger charge is 2.17. The van der Waals surface area contributed by atoms with Gasteiger partial charge in [-0.05, 0) is 57.5 Å². The van der Waals surface area contributed by atoms with Crippen LogP contribution in [0.2, 0.25) is 0 Å². The molecular formula is C20H25NO3. The highest BCUT2D eigenvalue weighted by molar-refractivity contribution is 5.95. The minimum absolute atomic E-state index is 0.109. The third kappa shape index (κ3) is 4.75. The molecule has 0 aliphatic carbocycles. The van der Waals surface area contributed by atoms with Crippen molar-refractivity contribution in [3.05, 3.63) is 59.2 Å². The molecule has 0 unspecified atom stereocenters. The van der Waals surface area contributed by atoms with Crippen molar-refractivity contribution in [1.82, 2.24) is 5.32 Å². The van der Waals surface area contributed by atoms with Crippen LogP contribution in [0, 0.1) is 6.92 Å². The van der Waals surface area contributed by atoms with E-state index in [-0.39, 0.29) is 11.4 Å². The van der Waals surface area contributed by atoms with Crippen molar-refractivity contribution in [3.63, 3.8) is 0 Å². The number of para-hydroxylation sites is 1. The van der Waals surface area contributed by atoms with E-state index in [0.717, 1.165) is 16.9 Å². The fraction of sp³-hybridized carbons (Fsp3) is 0.350. The van der Waals surface area contributed by atoms with Gasteiger partial charge in [0, 0.05) is 16.7 Å². The third-order valence-electron chi connectivity index (χ3n) is 3.51. The van der Waals surface area contributed by atoms with E-state index in [1.54, 1.807) is 19.2 Å². The van der Waals surface area contributed by atoms with Crippen molar-refractivity contribution in [2.24, 2.45) is 0 Å². The maximum Gasteiger partial charge on any atom is 0.251 e. The summed E-state index contributed by atoms with van der Waals surface area (Å²) in [4.78, 5) is 12.3. The number of hydrogen-bond donors (Lipinski definition) is 1. The molecule has 2 aromatic rings. The molecule has 0 aliphatic rings. The van der Waals surface area contributed by atoms with E-state index >= 15 is 0 Å². The second kappa shape index (κ2) is 7.39. The summed E-state index contributed by atoms with van der Waals surface area (Å²) in [5.41, 5.74) is 2.21. The normalized spacial score (nSPS) is 11.0. The Balaban J connectivity index is 2.20. The maximum absolute atomic E-state index is 12.3. The van der Waals surface area contributed by atoms with Crippen LogP contribution < -0.4 is 14.8 Å². The van der Waals surface area contributed by atoms with Crippen LogP contribution in [0.4, 0.5) is 0 Å². The molecular weight excluding hydrogens is 302 g/mol. The minimum Gasteiger partial charge on any atom is -0.496 e. The van der Waals surface area contributed by atoms with Gasteiger partial charge in [0.25, 0.3) is 5.91 Å². The fourth-order valence-electron chi connectivity index (χ4n) is 2.32. The summed E-state index contributed by atoms with van der Waals surface area (Å²) < 4.78 is 11.3. The molecule has 0 aliphatic heterocycles. The summed E-state index contributed by atoms with van der Waals surface area (Å²) in [5.74, 6) is 1.42. The number of carbonyl (C=O) groups excluding carboxylic acids is 1. The third-order valence-corrected chi connectivity index (χ3v) is 3.51. The van der Waals surface area contributed by atoms with Gasteiger partial charge in [0.05, 0.1) is 7.11 Å². The fourth-order valence-corrected chi connectivity index (χ4v) is 2.32. The molecule has 0 radical (unpaired) electrons. The van der Waals surface area contributed by atoms with E-state index in [9.17, 15) is 4.79 Å². The number of rotatable bonds is 5. The van der Waals surface area contributed by atoms with Gasteiger partial charge in [0.1, 0.15) is 18.1 Å². The molecule has 0 heterocycles. The summed E-state index contributed by atoms with van der Waals surface area (Å²) in [6.07, 6.45) is 0. The van der Waals surface area contributed by atoms with Gasteiger partial charge in [-0.3, -0.25) is 4.79 Å². The lowest BCUT2D eigenvalue weighted by Crippen LogP contribution is -2.40. The van der Waals surface area contributed by atoms with Gasteiger partial charge in [-0.1, -0.05) is 18.2 Å². The number of methoxy groups -OCH3 is 1. The van der Waals surface area contributed by atoms with Gasteiger partial charge in [0.2, 0.25) is 0 Å². The molecule has 0 aromatic heterocycles. The zero-order chi connectivity index (χ0) is 17.7. The smallest absolute Gasteiger partial charge is 0.251 e. The minimum atomic E-state index is -0.283. The molecule has 24 heavy (non-hydrogen) atoms. The van der Waals surface area contributed by atoms with Crippen molar-refractivity contribution < 1.29 is 14.3 Å². The van der Waals surface area contributed by atoms with Gasteiger partial charge >= 0.3 is 0 Å². The van der Waals surface area contributed by atoms with Crippen LogP contribution in [0.3, 0.4) is 0 Å². The molecule has 4 nitrogen and oxygen atoms in total. The van der Waals surface area contributed by atoms with Crippen LogP contribution in [0.1, 0.15) is 42.3 Å². The first-order valence-corrected chi connectivity index (χ1v) is 7.98. The van der Waals surface area contributed by atoms with Gasteiger partial charge in [-0.15, -0.1) is 0 Å². The van der Waals surface area contributed by atoms with E-state index in [0.29, 0.717) is 17.9 Å². The molecule has 128 valence electrons. The van der Waals surface area contributed by atoms with E-state index in [2.05, 4.69) is 5.32 Å². The van der Waals surface area contributed by atoms with Gasteiger partial charge in [-0.25, -0.2) is 0 Å². The topological polar surface area (TPSA) is 47.6 Å². The Morgan fingerprint density at radius 3 is 2.42 bits per heavy atom. The van der Waals surface area contributed by atoms with Crippen molar-refractivity contribution in [3.8, 4) is 11.5 Å². The second-order valence-corrected chi connectivity index (χ2v) is 6.78. The summed E-state index contributed by atoms with van der Waals surface area (Å²) in [6.45, 7) is 8.20. The number of carbonyl (C=O) groups is 1. The van der Waals surface area contributed by atoms with E-state index in [1.807, 2.05) is 58.0 Å². The number of aryl methyl sites for hydroxylation is 1. The molecule has 0 saturated heterocycles. The van der Waals surface area contributed by atoms with Gasteiger partial charge in [0.15, 0.2) is 0 Å². The molecule has 4 heteroatoms. The maximum atomic E-state index is 12.3. The standard InChI is InChI=1S/C20H25NO3/c1-14-8-6-7-9-17(14)24-13-16-12-15(10-11-18(16)23-5)19(22)21-20(2,3)4/h6-12H,13H2,1-5H3,(H,21,22). The number of nitrogens with one attached hydrogen (secondary N) is 1. The van der Waals surface area contributed by atoms with E-state index in [4.69, 9.17) is 9.47 Å². The van der Waals surface area contributed by atoms with E-state index in [1.165, 1.54) is 0 Å². The lowest BCUT2D eigenvalue weighted by molar-refractivity contribution is 0.0919. The zero-order valence-corrected chi connectivity index (χ0v) is 15.0. The summed E-state index contributed by atoms with van der Waals surface area (Å²) in [7, 11) is 1.61. The molecule has 1 amide bonds. The first kappa shape index (κ1) is 17.9. The van der Waals surface area contributed by atoms with Crippen molar-refractivity contribution >= 4 is 5.91 Å². The van der Waals surface area contributed by atoms with Crippen LogP contribution in [-0.4, -0.2) is 18.6 Å². The van der Waals surface area contributed by atoms with Crippen molar-refractivity contribution in [2.45, 2.75) is 39.8 Å². The first-order chi connectivity index (χ1) is 11.3. The number of hydrogen-bond acceptors (Lipinski definition) is 3. The average Bonchev–Trinajstić information content (AvgIpc) is 2.52. The predicted octanol–water partition coefficient (Wildman–Crippen LogP) is 4.11. The Bertz CT molecular complexity index is 717. The Morgan fingerprint density at radius 2 is 1.79 bits per heavy atom. The molecule has 0 bridgehead atoms. The van der Waals surface area contributed by atoms with Gasteiger partial charge < -0.3 is 14.8 Å².